The molecule has 268 valence electrons. The molecular formula is C37H40F3N7O4. The number of anilines is 2. The van der Waals surface area contributed by atoms with Crippen LogP contribution in [0.3, 0.4) is 0 Å². The number of hydrogen-bond donors (Lipinski definition) is 0. The van der Waals surface area contributed by atoms with Crippen LogP contribution >= 0.6 is 0 Å². The molecule has 0 radical (unpaired) electrons. The van der Waals surface area contributed by atoms with Crippen molar-refractivity contribution in [2.75, 3.05) is 37.0 Å². The van der Waals surface area contributed by atoms with E-state index in [4.69, 9.17) is 9.15 Å². The molecule has 2 aromatic carbocycles. The Kier molecular flexibility index (Phi) is 9.89. The van der Waals surface area contributed by atoms with E-state index in [1.165, 1.54) is 21.7 Å². The van der Waals surface area contributed by atoms with E-state index in [0.29, 0.717) is 51.4 Å². The van der Waals surface area contributed by atoms with Crippen LogP contribution in [0.2, 0.25) is 0 Å². The van der Waals surface area contributed by atoms with E-state index in [9.17, 15) is 18.4 Å². The number of pyridine rings is 1. The number of nitrogens with zero attached hydrogens (tertiary/aromatic N) is 7. The Morgan fingerprint density at radius 2 is 1.78 bits per heavy atom. The second-order valence-corrected chi connectivity index (χ2v) is 13.9. The number of carbonyl (C=O) groups is 2. The summed E-state index contributed by atoms with van der Waals surface area (Å²) in [7, 11) is 4.03. The van der Waals surface area contributed by atoms with Crippen LogP contribution in [-0.2, 0) is 16.1 Å². The summed E-state index contributed by atoms with van der Waals surface area (Å²) in [4.78, 5) is 35.8. The van der Waals surface area contributed by atoms with Gasteiger partial charge in [-0.1, -0.05) is 6.07 Å². The number of alkyl halides is 2. The molecule has 1 fully saturated rings. The number of rotatable bonds is 9. The Bertz CT molecular complexity index is 2050. The zero-order valence-electron chi connectivity index (χ0n) is 29.4. The largest absolute Gasteiger partial charge is 0.443 e. The van der Waals surface area contributed by atoms with Crippen LogP contribution in [0.5, 0.6) is 0 Å². The molecule has 14 heteroatoms. The molecule has 0 N–H and O–H groups in total. The summed E-state index contributed by atoms with van der Waals surface area (Å²) in [6.45, 7) is 9.04. The highest BCUT2D eigenvalue weighted by molar-refractivity contribution is 5.94. The van der Waals surface area contributed by atoms with Gasteiger partial charge in [-0.05, 0) is 103 Å². The highest BCUT2D eigenvalue weighted by atomic mass is 19.3. The normalized spacial score (nSPS) is 14.3. The first-order valence-corrected chi connectivity index (χ1v) is 16.6. The molecule has 6 rings (SSSR count). The molecule has 1 amide bonds. The number of hydrogen-bond acceptors (Lipinski definition) is 9. The Morgan fingerprint density at radius 1 is 1.06 bits per heavy atom. The van der Waals surface area contributed by atoms with Crippen molar-refractivity contribution in [3.8, 4) is 22.6 Å². The predicted molar refractivity (Wildman–Crippen MR) is 187 cm³/mol. The summed E-state index contributed by atoms with van der Waals surface area (Å²) >= 11 is 0. The van der Waals surface area contributed by atoms with Crippen LogP contribution in [0.4, 0.5) is 29.3 Å². The maximum atomic E-state index is 16.3. The van der Waals surface area contributed by atoms with E-state index in [0.717, 1.165) is 31.3 Å². The summed E-state index contributed by atoms with van der Waals surface area (Å²) < 4.78 is 54.3. The average Bonchev–Trinajstić information content (AvgIpc) is 3.71. The monoisotopic (exact) mass is 703 g/mol. The number of benzene rings is 2. The first kappa shape index (κ1) is 35.6. The molecule has 0 saturated carbocycles. The van der Waals surface area contributed by atoms with E-state index in [2.05, 4.69) is 32.0 Å². The summed E-state index contributed by atoms with van der Waals surface area (Å²) in [6.07, 6.45) is 0.410. The van der Waals surface area contributed by atoms with Crippen molar-refractivity contribution in [1.82, 2.24) is 24.6 Å². The topological polar surface area (TPSA) is 110 Å². The number of amides is 1. The quantitative estimate of drug-likeness (QED) is 0.143. The smallest absolute Gasteiger partial charge is 0.419 e. The molecule has 11 nitrogen and oxygen atoms in total. The molecule has 0 bridgehead atoms. The lowest BCUT2D eigenvalue weighted by molar-refractivity contribution is -0.107. The fraction of sp³-hybridized carbons (Fsp3) is 0.378. The van der Waals surface area contributed by atoms with E-state index in [1.807, 2.05) is 46.9 Å². The first-order valence-electron chi connectivity index (χ1n) is 16.6. The van der Waals surface area contributed by atoms with E-state index < -0.39 is 29.8 Å². The minimum Gasteiger partial charge on any atom is -0.443 e. The third-order valence-corrected chi connectivity index (χ3v) is 9.02. The van der Waals surface area contributed by atoms with Crippen LogP contribution in [0.1, 0.15) is 57.3 Å². The Labute approximate surface area is 293 Å². The minimum atomic E-state index is -2.90. The van der Waals surface area contributed by atoms with E-state index in [-0.39, 0.29) is 18.5 Å². The third kappa shape index (κ3) is 7.60. The molecule has 0 atom stereocenters. The standard InChI is InChI=1S/C37H40F3N7O4/c1-22-15-25-16-23(8-10-30(25)47(22)36(49)51-37(2,3)4)28-17-31(45(6)27-11-13-44(5)14-12-27)32(18-29(28)38)46(21-48)20-26-9-7-24(19-41-26)34-42-43-35(50-34)33(39)40/h7-10,15-19,21,27,33H,11-14,20H2,1-6H3. The minimum absolute atomic E-state index is 0.00629. The molecule has 1 aliphatic heterocycles. The maximum absolute atomic E-state index is 16.3. The van der Waals surface area contributed by atoms with Crippen molar-refractivity contribution >= 4 is 34.8 Å². The maximum Gasteiger partial charge on any atom is 0.419 e. The third-order valence-electron chi connectivity index (χ3n) is 9.02. The molecular weight excluding hydrogens is 663 g/mol. The number of likely N-dealkylation sites (tertiary alicyclic amines) is 1. The molecule has 51 heavy (non-hydrogen) atoms. The zero-order chi connectivity index (χ0) is 36.6. The molecule has 0 unspecified atom stereocenters. The summed E-state index contributed by atoms with van der Waals surface area (Å²) in [5.74, 6) is -1.43. The van der Waals surface area contributed by atoms with Crippen molar-refractivity contribution in [1.29, 1.82) is 0 Å². The molecule has 3 aromatic heterocycles. The molecule has 1 saturated heterocycles. The predicted octanol–water partition coefficient (Wildman–Crippen LogP) is 7.62. The summed E-state index contributed by atoms with van der Waals surface area (Å²) in [5.41, 5.74) is 3.44. The fourth-order valence-electron chi connectivity index (χ4n) is 6.37. The molecule has 0 spiro atoms. The lowest BCUT2D eigenvalue weighted by Crippen LogP contribution is -2.42. The molecule has 5 aromatic rings. The van der Waals surface area contributed by atoms with Gasteiger partial charge in [-0.15, -0.1) is 10.2 Å². The molecule has 4 heterocycles. The van der Waals surface area contributed by atoms with E-state index >= 15 is 4.39 Å². The van der Waals surface area contributed by atoms with Gasteiger partial charge in [-0.25, -0.2) is 13.8 Å². The van der Waals surface area contributed by atoms with Crippen molar-refractivity contribution in [2.24, 2.45) is 0 Å². The van der Waals surface area contributed by atoms with Gasteiger partial charge in [0.05, 0.1) is 34.7 Å². The van der Waals surface area contributed by atoms with Crippen LogP contribution in [0.25, 0.3) is 33.5 Å². The van der Waals surface area contributed by atoms with Crippen molar-refractivity contribution in [3.05, 3.63) is 77.8 Å². The van der Waals surface area contributed by atoms with Crippen molar-refractivity contribution < 1.29 is 31.9 Å². The highest BCUT2D eigenvalue weighted by Crippen LogP contribution is 2.39. The SMILES string of the molecule is Cc1cc2cc(-c3cc(N(C)C4CCN(C)CC4)c(N(C=O)Cc4ccc(-c5nnc(C(F)F)o5)cn4)cc3F)ccc2n1C(=O)OC(C)(C)C. The van der Waals surface area contributed by atoms with Crippen molar-refractivity contribution in [3.63, 3.8) is 0 Å². The number of aromatic nitrogens is 4. The van der Waals surface area contributed by atoms with Gasteiger partial charge >= 0.3 is 12.5 Å². The average molecular weight is 704 g/mol. The van der Waals surface area contributed by atoms with E-state index in [1.54, 1.807) is 30.3 Å². The second kappa shape index (κ2) is 14.2. The van der Waals surface area contributed by atoms with Gasteiger partial charge in [0.1, 0.15) is 11.4 Å². The number of aryl methyl sites for hydroxylation is 1. The zero-order valence-corrected chi connectivity index (χ0v) is 29.4. The van der Waals surface area contributed by atoms with Crippen molar-refractivity contribution in [2.45, 2.75) is 65.1 Å². The lowest BCUT2D eigenvalue weighted by atomic mass is 9.99. The van der Waals surface area contributed by atoms with Gasteiger partial charge in [0.15, 0.2) is 0 Å². The first-order chi connectivity index (χ1) is 24.2. The summed E-state index contributed by atoms with van der Waals surface area (Å²) in [5, 5.41) is 7.75. The van der Waals surface area contributed by atoms with Gasteiger partial charge in [0, 0.05) is 42.0 Å². The fourth-order valence-corrected chi connectivity index (χ4v) is 6.37. The van der Waals surface area contributed by atoms with Gasteiger partial charge in [0.25, 0.3) is 5.89 Å². The van der Waals surface area contributed by atoms with Gasteiger partial charge in [-0.3, -0.25) is 9.78 Å². The van der Waals surface area contributed by atoms with Crippen LogP contribution in [0, 0.1) is 12.7 Å². The number of piperidine rings is 1. The van der Waals surface area contributed by atoms with Gasteiger partial charge in [-0.2, -0.15) is 8.78 Å². The van der Waals surface area contributed by atoms with Gasteiger partial charge < -0.3 is 23.9 Å². The highest BCUT2D eigenvalue weighted by Gasteiger charge is 2.27. The Hall–Kier alpha value is -5.24. The number of fused-ring (bicyclic) bond motifs is 1. The number of carbonyl (C=O) groups excluding carboxylic acids is 2. The lowest BCUT2D eigenvalue weighted by Gasteiger charge is -2.38. The molecule has 0 aliphatic carbocycles. The second-order valence-electron chi connectivity index (χ2n) is 13.9. The Balaban J connectivity index is 1.36. The number of ether oxygens (including phenoxy) is 1. The number of halogens is 3. The molecule has 1 aliphatic rings. The van der Waals surface area contributed by atoms with Crippen LogP contribution in [0.15, 0.2) is 59.1 Å². The van der Waals surface area contributed by atoms with Crippen LogP contribution < -0.4 is 9.80 Å². The van der Waals surface area contributed by atoms with Crippen LogP contribution in [-0.4, -0.2) is 76.0 Å². The van der Waals surface area contributed by atoms with Gasteiger partial charge in [0.2, 0.25) is 12.3 Å². The Morgan fingerprint density at radius 3 is 2.41 bits per heavy atom. The summed E-state index contributed by atoms with van der Waals surface area (Å²) in [6, 6.07) is 13.7.